The van der Waals surface area contributed by atoms with E-state index in [9.17, 15) is 28.5 Å². The fraction of sp³-hybridized carbons (Fsp3) is 0.889. The van der Waals surface area contributed by atoms with Crippen LogP contribution in [0.2, 0.25) is 0 Å². The second-order valence-corrected chi connectivity index (χ2v) is 16.1. The largest absolute Gasteiger partial charge is 0.393 e. The molecule has 10 nitrogen and oxygen atoms in total. The topological polar surface area (TPSA) is 168 Å². The van der Waals surface area contributed by atoms with Gasteiger partial charge in [0.2, 0.25) is 15.0 Å². The molecule has 1 heterocycles. The molecule has 0 saturated heterocycles. The van der Waals surface area contributed by atoms with Crippen LogP contribution >= 0.6 is 11.3 Å². The van der Waals surface area contributed by atoms with Gasteiger partial charge in [0.1, 0.15) is 0 Å². The van der Waals surface area contributed by atoms with Gasteiger partial charge in [0.25, 0.3) is 10.0 Å². The predicted molar refractivity (Wildman–Crippen MR) is 145 cm³/mol. The van der Waals surface area contributed by atoms with Gasteiger partial charge in [0.15, 0.2) is 0 Å². The monoisotopic (exact) mass is 584 g/mol. The zero-order valence-electron chi connectivity index (χ0n) is 23.4. The number of carbonyl (C=O) groups excluding carboxylic acids is 1. The minimum absolute atomic E-state index is 0.0406. The first kappa shape index (κ1) is 29.3. The van der Waals surface area contributed by atoms with Crippen molar-refractivity contribution < 1.29 is 28.5 Å². The average Bonchev–Trinajstić information content (AvgIpc) is 3.40. The molecule has 12 heteroatoms. The van der Waals surface area contributed by atoms with E-state index in [-0.39, 0.29) is 68.0 Å². The molecule has 5 rings (SSSR count). The molecule has 0 bridgehead atoms. The summed E-state index contributed by atoms with van der Waals surface area (Å²) in [5, 5.41) is 42.5. The van der Waals surface area contributed by atoms with Gasteiger partial charge in [-0.05, 0) is 97.7 Å². The second kappa shape index (κ2) is 10.3. The third kappa shape index (κ3) is 4.97. The normalized spacial score (nSPS) is 43.4. The number of fused-ring (bicyclic) bond motifs is 5. The highest BCUT2D eigenvalue weighted by atomic mass is 32.2. The molecule has 0 spiro atoms. The number of aliphatic hydroxyl groups excluding tert-OH is 3. The van der Waals surface area contributed by atoms with Crippen LogP contribution in [0, 0.1) is 46.3 Å². The molecule has 0 aliphatic heterocycles. The molecule has 0 aromatic carbocycles. The highest BCUT2D eigenvalue weighted by molar-refractivity contribution is 7.91. The second-order valence-electron chi connectivity index (χ2n) is 13.4. The first-order valence-corrected chi connectivity index (χ1v) is 16.7. The van der Waals surface area contributed by atoms with Crippen molar-refractivity contribution in [1.82, 2.24) is 9.78 Å². The molecule has 1 aromatic rings. The Kier molecular flexibility index (Phi) is 7.72. The highest BCUT2D eigenvalue weighted by Crippen LogP contribution is 2.68. The molecule has 0 unspecified atom stereocenters. The van der Waals surface area contributed by atoms with Crippen LogP contribution < -0.4 is 9.94 Å². The number of amides is 1. The Hall–Kier alpha value is -1.18. The summed E-state index contributed by atoms with van der Waals surface area (Å²) in [7, 11) is -2.44. The van der Waals surface area contributed by atoms with E-state index < -0.39 is 22.2 Å². The molecular formula is C27H44N4O6S2. The summed E-state index contributed by atoms with van der Waals surface area (Å²) < 4.78 is 24.1. The van der Waals surface area contributed by atoms with E-state index in [1.807, 2.05) is 0 Å². The van der Waals surface area contributed by atoms with Crippen molar-refractivity contribution in [3.63, 3.8) is 0 Å². The lowest BCUT2D eigenvalue weighted by Gasteiger charge is -2.63. The van der Waals surface area contributed by atoms with Crippen molar-refractivity contribution in [3.05, 3.63) is 4.80 Å². The van der Waals surface area contributed by atoms with E-state index in [2.05, 4.69) is 30.9 Å². The van der Waals surface area contributed by atoms with Gasteiger partial charge in [-0.25, -0.2) is 18.2 Å². The van der Waals surface area contributed by atoms with Crippen molar-refractivity contribution in [2.24, 2.45) is 63.5 Å². The molecule has 39 heavy (non-hydrogen) atoms. The maximum absolute atomic E-state index is 12.7. The smallest absolute Gasteiger partial charge is 0.267 e. The van der Waals surface area contributed by atoms with E-state index in [1.54, 1.807) is 0 Å². The lowest BCUT2D eigenvalue weighted by Crippen LogP contribution is -2.62. The van der Waals surface area contributed by atoms with Gasteiger partial charge in [-0.15, -0.1) is 5.10 Å². The van der Waals surface area contributed by atoms with Crippen molar-refractivity contribution >= 4 is 27.3 Å². The summed E-state index contributed by atoms with van der Waals surface area (Å²) in [6.07, 6.45) is 5.50. The third-order valence-electron chi connectivity index (χ3n) is 11.5. The van der Waals surface area contributed by atoms with E-state index in [1.165, 1.54) is 11.7 Å². The van der Waals surface area contributed by atoms with Gasteiger partial charge in [-0.2, -0.15) is 4.99 Å². The van der Waals surface area contributed by atoms with E-state index in [0.717, 1.165) is 49.9 Å². The van der Waals surface area contributed by atoms with Crippen molar-refractivity contribution in [2.75, 3.05) is 0 Å². The van der Waals surface area contributed by atoms with Crippen LogP contribution in [0.5, 0.6) is 0 Å². The molecule has 4 fully saturated rings. The Morgan fingerprint density at radius 3 is 2.56 bits per heavy atom. The van der Waals surface area contributed by atoms with Crippen LogP contribution in [-0.4, -0.2) is 57.7 Å². The minimum Gasteiger partial charge on any atom is -0.393 e. The molecule has 5 N–H and O–H groups in total. The predicted octanol–water partition coefficient (Wildman–Crippen LogP) is 1.93. The van der Waals surface area contributed by atoms with Gasteiger partial charge in [-0.1, -0.05) is 32.1 Å². The van der Waals surface area contributed by atoms with Gasteiger partial charge >= 0.3 is 0 Å². The van der Waals surface area contributed by atoms with Crippen LogP contribution in [0.1, 0.15) is 78.6 Å². The van der Waals surface area contributed by atoms with Gasteiger partial charge < -0.3 is 15.3 Å². The fourth-order valence-corrected chi connectivity index (χ4v) is 11.0. The Bertz CT molecular complexity index is 1280. The van der Waals surface area contributed by atoms with Crippen molar-refractivity contribution in [3.8, 4) is 0 Å². The van der Waals surface area contributed by atoms with Crippen LogP contribution in [0.25, 0.3) is 0 Å². The van der Waals surface area contributed by atoms with Crippen LogP contribution in [0.4, 0.5) is 0 Å². The first-order chi connectivity index (χ1) is 18.2. The Labute approximate surface area is 234 Å². The van der Waals surface area contributed by atoms with Crippen molar-refractivity contribution in [1.29, 1.82) is 0 Å². The molecule has 1 aromatic heterocycles. The Morgan fingerprint density at radius 1 is 1.18 bits per heavy atom. The number of hydrogen-bond acceptors (Lipinski definition) is 8. The minimum atomic E-state index is -3.96. The Morgan fingerprint density at radius 2 is 1.90 bits per heavy atom. The number of aromatic nitrogens is 2. The summed E-state index contributed by atoms with van der Waals surface area (Å²) in [5.41, 5.74) is -0.285. The number of aryl methyl sites for hydroxylation is 1. The summed E-state index contributed by atoms with van der Waals surface area (Å²) >= 11 is 0.768. The number of nitrogens with two attached hydrogens (primary N) is 1. The maximum Gasteiger partial charge on any atom is 0.267 e. The van der Waals surface area contributed by atoms with Crippen LogP contribution in [-0.2, 0) is 21.9 Å². The van der Waals surface area contributed by atoms with E-state index >= 15 is 0 Å². The van der Waals surface area contributed by atoms with E-state index in [4.69, 9.17) is 5.14 Å². The maximum atomic E-state index is 12.7. The number of rotatable bonds is 5. The summed E-state index contributed by atoms with van der Waals surface area (Å²) in [6.45, 7) is 6.69. The molecule has 11 atom stereocenters. The van der Waals surface area contributed by atoms with Crippen LogP contribution in [0.15, 0.2) is 9.33 Å². The zero-order chi connectivity index (χ0) is 28.5. The molecule has 4 aliphatic rings. The third-order valence-corrected chi connectivity index (χ3v) is 13.8. The molecule has 220 valence electrons. The number of hydrogen-bond donors (Lipinski definition) is 4. The molecule has 4 saturated carbocycles. The highest BCUT2D eigenvalue weighted by Gasteiger charge is 2.65. The molecule has 4 aliphatic carbocycles. The van der Waals surface area contributed by atoms with Crippen LogP contribution in [0.3, 0.4) is 0 Å². The van der Waals surface area contributed by atoms with E-state index in [0.29, 0.717) is 18.8 Å². The number of sulfonamides is 1. The standard InChI is InChI=1S/C27H44N4O6S2/c1-14(5-8-22(35)29-24-31(4)30-25(38-24)39(28,36)37)17-6-7-18-23-19(13-21(34)27(17,18)3)26(2)10-9-16(32)11-15(26)12-20(23)33/h14-21,23,32-34H,5-13H2,1-4H3,(H2,28,36,37)/t14-,15+,16-,17-,18+,19+,20-,21+,23+,26+,27-/m1/s1. The molecule has 1 amide bonds. The van der Waals surface area contributed by atoms with Crippen molar-refractivity contribution in [2.45, 2.75) is 101 Å². The number of nitrogens with zero attached hydrogens (tertiary/aromatic N) is 3. The van der Waals surface area contributed by atoms with Gasteiger partial charge in [-0.3, -0.25) is 4.79 Å². The summed E-state index contributed by atoms with van der Waals surface area (Å²) in [5.74, 6) is 0.992. The SMILES string of the molecule is C[C@H](CCC(=O)N=c1sc(S(N)(=O)=O)nn1C)[C@H]1CC[C@H]2[C@@H]3[C@H](O)C[C@@H]4C[C@H](O)CC[C@]4(C)[C@H]3C[C@H](O)[C@]12C. The molecule has 0 radical (unpaired) electrons. The first-order valence-electron chi connectivity index (χ1n) is 14.3. The van der Waals surface area contributed by atoms with Gasteiger partial charge in [0.05, 0.1) is 18.3 Å². The average molecular weight is 585 g/mol. The summed E-state index contributed by atoms with van der Waals surface area (Å²) in [6, 6.07) is 0. The lowest BCUT2D eigenvalue weighted by atomic mass is 9.43. The lowest BCUT2D eigenvalue weighted by molar-refractivity contribution is -0.207. The summed E-state index contributed by atoms with van der Waals surface area (Å²) in [4.78, 5) is 17.0. The fourth-order valence-electron chi connectivity index (χ4n) is 9.39. The Balaban J connectivity index is 1.30. The molecular weight excluding hydrogens is 540 g/mol. The number of primary sulfonamides is 1. The number of carbonyl (C=O) groups is 1. The zero-order valence-corrected chi connectivity index (χ0v) is 25.0. The quantitative estimate of drug-likeness (QED) is 0.410. The number of aliphatic hydroxyl groups is 3. The van der Waals surface area contributed by atoms with Gasteiger partial charge in [0, 0.05) is 13.5 Å².